The van der Waals surface area contributed by atoms with E-state index in [1.807, 2.05) is 36.4 Å². The van der Waals surface area contributed by atoms with Gasteiger partial charge in [0.15, 0.2) is 0 Å². The van der Waals surface area contributed by atoms with Crippen LogP contribution in [0.4, 0.5) is 11.5 Å². The molecule has 0 unspecified atom stereocenters. The molecule has 0 saturated heterocycles. The van der Waals surface area contributed by atoms with Crippen molar-refractivity contribution in [2.75, 3.05) is 5.32 Å². The number of aromatic nitrogens is 1. The zero-order chi connectivity index (χ0) is 19.2. The van der Waals surface area contributed by atoms with E-state index in [1.165, 1.54) is 32.3 Å². The predicted molar refractivity (Wildman–Crippen MR) is 123 cm³/mol. The number of nitrogens with zero attached hydrogens (tertiary/aromatic N) is 1. The summed E-state index contributed by atoms with van der Waals surface area (Å²) in [5.41, 5.74) is 3.16. The fourth-order valence-electron chi connectivity index (χ4n) is 4.26. The van der Waals surface area contributed by atoms with E-state index in [-0.39, 0.29) is 0 Å². The highest BCUT2D eigenvalue weighted by atomic mass is 15.0. The first-order chi connectivity index (χ1) is 14.4. The lowest BCUT2D eigenvalue weighted by atomic mass is 9.93. The van der Waals surface area contributed by atoms with Gasteiger partial charge in [0.1, 0.15) is 5.82 Å². The minimum absolute atomic E-state index is 0.849. The molecule has 0 aliphatic rings. The second-order valence-electron chi connectivity index (χ2n) is 7.37. The van der Waals surface area contributed by atoms with E-state index >= 15 is 0 Å². The molecule has 0 aliphatic heterocycles. The second-order valence-corrected chi connectivity index (χ2v) is 7.37. The molecule has 0 atom stereocenters. The lowest BCUT2D eigenvalue weighted by Crippen LogP contribution is -1.96. The van der Waals surface area contributed by atoms with Crippen molar-refractivity contribution in [1.82, 2.24) is 4.98 Å². The minimum atomic E-state index is 0.849. The van der Waals surface area contributed by atoms with E-state index in [1.54, 1.807) is 0 Å². The highest BCUT2D eigenvalue weighted by Gasteiger charge is 2.11. The van der Waals surface area contributed by atoms with Gasteiger partial charge in [-0.15, -0.1) is 0 Å². The van der Waals surface area contributed by atoms with Crippen molar-refractivity contribution < 1.29 is 0 Å². The average molecular weight is 370 g/mol. The van der Waals surface area contributed by atoms with E-state index in [9.17, 15) is 0 Å². The lowest BCUT2D eigenvalue weighted by molar-refractivity contribution is 1.31. The molecule has 6 aromatic rings. The third-order valence-electron chi connectivity index (χ3n) is 5.61. The van der Waals surface area contributed by atoms with Gasteiger partial charge in [0, 0.05) is 16.6 Å². The SMILES string of the molecule is c1ccc(-c2cccc(Nc3ccc4ccc5cccc6ccc3c4c56)n2)cc1. The number of benzene rings is 5. The van der Waals surface area contributed by atoms with Gasteiger partial charge in [0.05, 0.1) is 5.69 Å². The van der Waals surface area contributed by atoms with E-state index in [2.05, 4.69) is 72.0 Å². The van der Waals surface area contributed by atoms with Crippen LogP contribution in [0.25, 0.3) is 43.6 Å². The molecule has 0 aliphatic carbocycles. The molecule has 0 amide bonds. The molecule has 1 aromatic heterocycles. The van der Waals surface area contributed by atoms with Crippen molar-refractivity contribution in [3.63, 3.8) is 0 Å². The highest BCUT2D eigenvalue weighted by molar-refractivity contribution is 6.25. The van der Waals surface area contributed by atoms with Crippen molar-refractivity contribution in [2.45, 2.75) is 0 Å². The van der Waals surface area contributed by atoms with Gasteiger partial charge in [0.25, 0.3) is 0 Å². The zero-order valence-electron chi connectivity index (χ0n) is 15.8. The Balaban J connectivity index is 1.50. The molecule has 0 saturated carbocycles. The van der Waals surface area contributed by atoms with Gasteiger partial charge in [0.2, 0.25) is 0 Å². The van der Waals surface area contributed by atoms with Crippen molar-refractivity contribution >= 4 is 43.8 Å². The molecule has 1 N–H and O–H groups in total. The lowest BCUT2D eigenvalue weighted by Gasteiger charge is -2.15. The number of hydrogen-bond acceptors (Lipinski definition) is 2. The number of pyridine rings is 1. The first-order valence-corrected chi connectivity index (χ1v) is 9.83. The first-order valence-electron chi connectivity index (χ1n) is 9.83. The summed E-state index contributed by atoms with van der Waals surface area (Å²) >= 11 is 0. The van der Waals surface area contributed by atoms with Gasteiger partial charge in [-0.3, -0.25) is 0 Å². The minimum Gasteiger partial charge on any atom is -0.340 e. The Kier molecular flexibility index (Phi) is 3.50. The highest BCUT2D eigenvalue weighted by Crippen LogP contribution is 2.38. The van der Waals surface area contributed by atoms with Crippen LogP contribution in [-0.4, -0.2) is 4.98 Å². The van der Waals surface area contributed by atoms with Crippen LogP contribution in [0.5, 0.6) is 0 Å². The summed E-state index contributed by atoms with van der Waals surface area (Å²) in [5, 5.41) is 11.2. The van der Waals surface area contributed by atoms with Crippen LogP contribution in [0.1, 0.15) is 0 Å². The van der Waals surface area contributed by atoms with Gasteiger partial charge in [-0.05, 0) is 45.1 Å². The Hall–Kier alpha value is -3.91. The monoisotopic (exact) mass is 370 g/mol. The molecule has 2 heteroatoms. The Morgan fingerprint density at radius 3 is 2.03 bits per heavy atom. The maximum atomic E-state index is 4.84. The molecule has 2 nitrogen and oxygen atoms in total. The summed E-state index contributed by atoms with van der Waals surface area (Å²) < 4.78 is 0. The van der Waals surface area contributed by atoms with Crippen molar-refractivity contribution in [3.8, 4) is 11.3 Å². The van der Waals surface area contributed by atoms with Gasteiger partial charge in [-0.1, -0.05) is 84.9 Å². The number of anilines is 2. The summed E-state index contributed by atoms with van der Waals surface area (Å²) in [6.07, 6.45) is 0. The van der Waals surface area contributed by atoms with Gasteiger partial charge in [-0.2, -0.15) is 0 Å². The standard InChI is InChI=1S/C27H18N2/c1-2-6-18(7-3-1)23-10-5-11-25(28-23)29-24-17-15-21-13-12-19-8-4-9-20-14-16-22(24)27(21)26(19)20/h1-17H,(H,28,29). The number of rotatable bonds is 3. The third kappa shape index (κ3) is 2.61. The van der Waals surface area contributed by atoms with Crippen LogP contribution >= 0.6 is 0 Å². The molecular weight excluding hydrogens is 352 g/mol. The van der Waals surface area contributed by atoms with Crippen molar-refractivity contribution in [2.24, 2.45) is 0 Å². The molecule has 0 radical (unpaired) electrons. The summed E-state index contributed by atoms with van der Waals surface area (Å²) in [4.78, 5) is 4.84. The number of hydrogen-bond donors (Lipinski definition) is 1. The van der Waals surface area contributed by atoms with Crippen molar-refractivity contribution in [3.05, 3.63) is 103 Å². The molecule has 0 spiro atoms. The second kappa shape index (κ2) is 6.32. The maximum Gasteiger partial charge on any atom is 0.131 e. The molecule has 5 aromatic carbocycles. The smallest absolute Gasteiger partial charge is 0.131 e. The fourth-order valence-corrected chi connectivity index (χ4v) is 4.26. The molecule has 136 valence electrons. The summed E-state index contributed by atoms with van der Waals surface area (Å²) in [6, 6.07) is 36.1. The van der Waals surface area contributed by atoms with Crippen LogP contribution in [0.15, 0.2) is 103 Å². The first kappa shape index (κ1) is 16.1. The van der Waals surface area contributed by atoms with E-state index < -0.39 is 0 Å². The van der Waals surface area contributed by atoms with Gasteiger partial charge in [-0.25, -0.2) is 4.98 Å². The fraction of sp³-hybridized carbons (Fsp3) is 0. The van der Waals surface area contributed by atoms with Crippen molar-refractivity contribution in [1.29, 1.82) is 0 Å². The molecule has 29 heavy (non-hydrogen) atoms. The quantitative estimate of drug-likeness (QED) is 0.328. The summed E-state index contributed by atoms with van der Waals surface area (Å²) in [6.45, 7) is 0. The van der Waals surface area contributed by atoms with Crippen LogP contribution in [0.3, 0.4) is 0 Å². The Morgan fingerprint density at radius 1 is 0.517 bits per heavy atom. The van der Waals surface area contributed by atoms with Gasteiger partial charge < -0.3 is 5.32 Å². The maximum absolute atomic E-state index is 4.84. The number of nitrogens with one attached hydrogen (secondary N) is 1. The average Bonchev–Trinajstić information content (AvgIpc) is 2.79. The summed E-state index contributed by atoms with van der Waals surface area (Å²) in [5.74, 6) is 0.849. The van der Waals surface area contributed by atoms with Gasteiger partial charge >= 0.3 is 0 Å². The Bertz CT molecular complexity index is 1450. The van der Waals surface area contributed by atoms with Crippen LogP contribution < -0.4 is 5.32 Å². The molecule has 0 bridgehead atoms. The third-order valence-corrected chi connectivity index (χ3v) is 5.61. The molecule has 6 rings (SSSR count). The van der Waals surface area contributed by atoms with Crippen LogP contribution in [0, 0.1) is 0 Å². The van der Waals surface area contributed by atoms with E-state index in [0.717, 1.165) is 22.8 Å². The molecule has 1 heterocycles. The van der Waals surface area contributed by atoms with Crippen LogP contribution in [-0.2, 0) is 0 Å². The Morgan fingerprint density at radius 2 is 1.21 bits per heavy atom. The normalized spacial score (nSPS) is 11.4. The topological polar surface area (TPSA) is 24.9 Å². The molecular formula is C27H18N2. The Labute approximate surface area is 168 Å². The van der Waals surface area contributed by atoms with Crippen LogP contribution in [0.2, 0.25) is 0 Å². The predicted octanol–water partition coefficient (Wildman–Crippen LogP) is 7.39. The zero-order valence-corrected chi connectivity index (χ0v) is 15.8. The largest absolute Gasteiger partial charge is 0.340 e. The van der Waals surface area contributed by atoms with E-state index in [4.69, 9.17) is 4.98 Å². The molecule has 0 fully saturated rings. The summed E-state index contributed by atoms with van der Waals surface area (Å²) in [7, 11) is 0. The van der Waals surface area contributed by atoms with E-state index in [0.29, 0.717) is 0 Å².